The molecule has 0 saturated carbocycles. The van der Waals surface area contributed by atoms with Crippen LogP contribution in [0.5, 0.6) is 5.75 Å². The van der Waals surface area contributed by atoms with E-state index in [9.17, 15) is 9.90 Å². The Morgan fingerprint density at radius 1 is 1.29 bits per heavy atom. The summed E-state index contributed by atoms with van der Waals surface area (Å²) >= 11 is 0. The fourth-order valence-electron chi connectivity index (χ4n) is 1.92. The number of aryl methyl sites for hydroxylation is 1. The van der Waals surface area contributed by atoms with E-state index in [4.69, 9.17) is 4.74 Å². The number of carbonyl (C=O) groups is 1. The van der Waals surface area contributed by atoms with Crippen LogP contribution in [-0.2, 0) is 17.8 Å². The fraction of sp³-hybridized carbons (Fsp3) is 0.588. The molecule has 0 aliphatic carbocycles. The number of ether oxygens (including phenoxy) is 1. The summed E-state index contributed by atoms with van der Waals surface area (Å²) in [5.74, 6) is 0.224. The average molecular weight is 293 g/mol. The molecule has 0 aliphatic rings. The number of hydrogen-bond acceptors (Lipinski definition) is 4. The lowest BCUT2D eigenvalue weighted by molar-refractivity contribution is -0.137. The zero-order chi connectivity index (χ0) is 15.8. The molecule has 0 spiro atoms. The molecular formula is C17H27NO3. The number of hydrogen-bond donors (Lipinski definition) is 2. The fourth-order valence-corrected chi connectivity index (χ4v) is 1.92. The number of nitrogens with one attached hydrogen (secondary N) is 1. The van der Waals surface area contributed by atoms with E-state index >= 15 is 0 Å². The molecule has 1 rings (SSSR count). The summed E-state index contributed by atoms with van der Waals surface area (Å²) in [7, 11) is 0. The van der Waals surface area contributed by atoms with Crippen molar-refractivity contribution < 1.29 is 14.6 Å². The highest BCUT2D eigenvalue weighted by Crippen LogP contribution is 2.23. The van der Waals surface area contributed by atoms with Gasteiger partial charge < -0.3 is 15.2 Å². The van der Waals surface area contributed by atoms with Crippen molar-refractivity contribution in [3.63, 3.8) is 0 Å². The number of aliphatic hydroxyl groups excluding tert-OH is 1. The lowest BCUT2D eigenvalue weighted by Crippen LogP contribution is -2.24. The van der Waals surface area contributed by atoms with Gasteiger partial charge in [0.25, 0.3) is 0 Å². The summed E-state index contributed by atoms with van der Waals surface area (Å²) in [5.41, 5.74) is 1.81. The number of benzene rings is 1. The van der Waals surface area contributed by atoms with Crippen LogP contribution in [-0.4, -0.2) is 23.7 Å². The van der Waals surface area contributed by atoms with Crippen LogP contribution in [0, 0.1) is 5.92 Å². The molecule has 0 amide bonds. The highest BCUT2D eigenvalue weighted by atomic mass is 16.5. The molecule has 0 unspecified atom stereocenters. The summed E-state index contributed by atoms with van der Waals surface area (Å²) in [6.45, 7) is 8.77. The molecule has 0 atom stereocenters. The lowest BCUT2D eigenvalue weighted by Gasteiger charge is -2.13. The quantitative estimate of drug-likeness (QED) is 0.439. The van der Waals surface area contributed by atoms with Crippen LogP contribution in [0.4, 0.5) is 0 Å². The van der Waals surface area contributed by atoms with Crippen molar-refractivity contribution in [1.29, 1.82) is 0 Å². The maximum atomic E-state index is 11.8. The van der Waals surface area contributed by atoms with Gasteiger partial charge in [-0.25, -0.2) is 0 Å². The first-order valence-electron chi connectivity index (χ1n) is 7.61. The normalized spacial score (nSPS) is 11.2. The molecule has 4 heteroatoms. The first-order valence-corrected chi connectivity index (χ1v) is 7.61. The van der Waals surface area contributed by atoms with Crippen molar-refractivity contribution in [2.75, 3.05) is 6.54 Å². The second-order valence-electron chi connectivity index (χ2n) is 5.89. The van der Waals surface area contributed by atoms with E-state index in [0.717, 1.165) is 30.5 Å². The predicted molar refractivity (Wildman–Crippen MR) is 84.3 cm³/mol. The van der Waals surface area contributed by atoms with Crippen LogP contribution < -0.4 is 10.1 Å². The second-order valence-corrected chi connectivity index (χ2v) is 5.89. The van der Waals surface area contributed by atoms with Gasteiger partial charge in [0.2, 0.25) is 0 Å². The SMILES string of the molecule is CC(C)NCCCc1cc(CO)ccc1OC(=O)C(C)C. The predicted octanol–water partition coefficient (Wildman–Crippen LogP) is 2.67. The minimum absolute atomic E-state index is 0.00431. The highest BCUT2D eigenvalue weighted by Gasteiger charge is 2.13. The molecule has 2 N–H and O–H groups in total. The van der Waals surface area contributed by atoms with Crippen LogP contribution in [0.1, 0.15) is 45.2 Å². The first-order chi connectivity index (χ1) is 9.93. The molecule has 0 aliphatic heterocycles. The van der Waals surface area contributed by atoms with Gasteiger partial charge in [0, 0.05) is 6.04 Å². The zero-order valence-corrected chi connectivity index (χ0v) is 13.5. The lowest BCUT2D eigenvalue weighted by atomic mass is 10.0. The van der Waals surface area contributed by atoms with E-state index in [0.29, 0.717) is 11.8 Å². The van der Waals surface area contributed by atoms with Crippen molar-refractivity contribution in [1.82, 2.24) is 5.32 Å². The Kier molecular flexibility index (Phi) is 7.40. The third kappa shape index (κ3) is 6.27. The van der Waals surface area contributed by atoms with Gasteiger partial charge in [0.1, 0.15) is 5.75 Å². The first kappa shape index (κ1) is 17.7. The number of aliphatic hydroxyl groups is 1. The summed E-state index contributed by atoms with van der Waals surface area (Å²) in [4.78, 5) is 11.8. The smallest absolute Gasteiger partial charge is 0.313 e. The summed E-state index contributed by atoms with van der Waals surface area (Å²) in [6, 6.07) is 5.95. The molecule has 21 heavy (non-hydrogen) atoms. The topological polar surface area (TPSA) is 58.6 Å². The molecule has 118 valence electrons. The molecule has 1 aromatic carbocycles. The third-order valence-corrected chi connectivity index (χ3v) is 3.16. The Bertz CT molecular complexity index is 455. The van der Waals surface area contributed by atoms with Crippen molar-refractivity contribution >= 4 is 5.97 Å². The van der Waals surface area contributed by atoms with Crippen LogP contribution >= 0.6 is 0 Å². The van der Waals surface area contributed by atoms with Gasteiger partial charge in [-0.3, -0.25) is 4.79 Å². The Morgan fingerprint density at radius 2 is 2.00 bits per heavy atom. The molecule has 0 heterocycles. The second kappa shape index (κ2) is 8.80. The van der Waals surface area contributed by atoms with Crippen LogP contribution in [0.25, 0.3) is 0 Å². The average Bonchev–Trinajstić information content (AvgIpc) is 2.44. The molecule has 0 radical (unpaired) electrons. The van der Waals surface area contributed by atoms with Crippen LogP contribution in [0.2, 0.25) is 0 Å². The number of carbonyl (C=O) groups excluding carboxylic acids is 1. The molecule has 4 nitrogen and oxygen atoms in total. The van der Waals surface area contributed by atoms with Crippen molar-refractivity contribution in [2.24, 2.45) is 5.92 Å². The monoisotopic (exact) mass is 293 g/mol. The maximum Gasteiger partial charge on any atom is 0.313 e. The van der Waals surface area contributed by atoms with E-state index in [2.05, 4.69) is 19.2 Å². The standard InChI is InChI=1S/C17H27NO3/c1-12(2)17(20)21-16-8-7-14(11-19)10-15(16)6-5-9-18-13(3)4/h7-8,10,12-13,18-19H,5-6,9,11H2,1-4H3. The maximum absolute atomic E-state index is 11.8. The Hall–Kier alpha value is -1.39. The van der Waals surface area contributed by atoms with Gasteiger partial charge >= 0.3 is 5.97 Å². The van der Waals surface area contributed by atoms with Gasteiger partial charge in [-0.05, 0) is 42.6 Å². The van der Waals surface area contributed by atoms with E-state index in [1.807, 2.05) is 19.9 Å². The zero-order valence-electron chi connectivity index (χ0n) is 13.5. The minimum Gasteiger partial charge on any atom is -0.426 e. The molecule has 0 bridgehead atoms. The van der Waals surface area contributed by atoms with Gasteiger partial charge in [0.05, 0.1) is 12.5 Å². The van der Waals surface area contributed by atoms with Gasteiger partial charge in [-0.1, -0.05) is 33.8 Å². The molecule has 0 saturated heterocycles. The van der Waals surface area contributed by atoms with E-state index in [1.54, 1.807) is 12.1 Å². The van der Waals surface area contributed by atoms with Gasteiger partial charge in [-0.15, -0.1) is 0 Å². The Labute approximate surface area is 127 Å². The largest absolute Gasteiger partial charge is 0.426 e. The third-order valence-electron chi connectivity index (χ3n) is 3.16. The Morgan fingerprint density at radius 3 is 2.57 bits per heavy atom. The van der Waals surface area contributed by atoms with Crippen LogP contribution in [0.15, 0.2) is 18.2 Å². The van der Waals surface area contributed by atoms with E-state index in [-0.39, 0.29) is 18.5 Å². The van der Waals surface area contributed by atoms with Gasteiger partial charge in [-0.2, -0.15) is 0 Å². The van der Waals surface area contributed by atoms with E-state index < -0.39 is 0 Å². The Balaban J connectivity index is 2.74. The minimum atomic E-state index is -0.228. The summed E-state index contributed by atoms with van der Waals surface area (Å²) in [6.07, 6.45) is 1.77. The van der Waals surface area contributed by atoms with E-state index in [1.165, 1.54) is 0 Å². The molecule has 0 aromatic heterocycles. The van der Waals surface area contributed by atoms with Gasteiger partial charge in [0.15, 0.2) is 0 Å². The number of esters is 1. The van der Waals surface area contributed by atoms with Crippen LogP contribution in [0.3, 0.4) is 0 Å². The van der Waals surface area contributed by atoms with Crippen molar-refractivity contribution in [3.8, 4) is 5.75 Å². The number of rotatable bonds is 8. The molecular weight excluding hydrogens is 266 g/mol. The van der Waals surface area contributed by atoms with Crippen molar-refractivity contribution in [3.05, 3.63) is 29.3 Å². The van der Waals surface area contributed by atoms with Crippen molar-refractivity contribution in [2.45, 2.75) is 53.2 Å². The molecule has 0 fully saturated rings. The molecule has 1 aromatic rings. The summed E-state index contributed by atoms with van der Waals surface area (Å²) in [5, 5.41) is 12.6. The highest BCUT2D eigenvalue weighted by molar-refractivity contribution is 5.74. The summed E-state index contributed by atoms with van der Waals surface area (Å²) < 4.78 is 5.44.